The zero-order chi connectivity index (χ0) is 17.7. The molecule has 0 aliphatic carbocycles. The van der Waals surface area contributed by atoms with Crippen molar-refractivity contribution in [2.45, 2.75) is 12.0 Å². The number of likely N-dealkylation sites (N-methyl/N-ethyl adjacent to an activating group) is 1. The van der Waals surface area contributed by atoms with Gasteiger partial charge < -0.3 is 20.0 Å². The van der Waals surface area contributed by atoms with Gasteiger partial charge in [-0.05, 0) is 32.3 Å². The molecule has 2 aliphatic rings. The molecule has 26 heavy (non-hydrogen) atoms. The molecule has 1 aromatic heterocycles. The summed E-state index contributed by atoms with van der Waals surface area (Å²) in [5, 5.41) is 3.63. The highest BCUT2D eigenvalue weighted by Gasteiger charge is 2.37. The summed E-state index contributed by atoms with van der Waals surface area (Å²) in [6.45, 7) is 4.64. The van der Waals surface area contributed by atoms with Crippen molar-refractivity contribution in [2.75, 3.05) is 70.3 Å². The Morgan fingerprint density at radius 3 is 2.50 bits per heavy atom. The van der Waals surface area contributed by atoms with Gasteiger partial charge >= 0.3 is 0 Å². The van der Waals surface area contributed by atoms with Gasteiger partial charge in [0.1, 0.15) is 0 Å². The number of hydrogen-bond acceptors (Lipinski definition) is 6. The fourth-order valence-electron chi connectivity index (χ4n) is 3.40. The van der Waals surface area contributed by atoms with Crippen molar-refractivity contribution >= 4 is 47.6 Å². The second kappa shape index (κ2) is 9.93. The van der Waals surface area contributed by atoms with Crippen molar-refractivity contribution in [3.8, 4) is 0 Å². The molecule has 0 saturated carbocycles. The minimum atomic E-state index is 0. The van der Waals surface area contributed by atoms with Crippen molar-refractivity contribution < 1.29 is 0 Å². The van der Waals surface area contributed by atoms with Crippen LogP contribution in [-0.4, -0.2) is 96.6 Å². The first-order valence-electron chi connectivity index (χ1n) is 8.87. The average molecular weight is 491 g/mol. The number of aliphatic imine (C=N–C) groups is 1. The van der Waals surface area contributed by atoms with Crippen LogP contribution in [0.5, 0.6) is 0 Å². The number of piperazine rings is 1. The Morgan fingerprint density at radius 2 is 1.96 bits per heavy atom. The number of aromatic nitrogens is 2. The number of anilines is 1. The summed E-state index contributed by atoms with van der Waals surface area (Å²) < 4.78 is 0. The van der Waals surface area contributed by atoms with Crippen LogP contribution < -0.4 is 10.2 Å². The highest BCUT2D eigenvalue weighted by molar-refractivity contribution is 14.0. The molecule has 1 unspecified atom stereocenters. The van der Waals surface area contributed by atoms with E-state index in [1.165, 1.54) is 17.9 Å². The summed E-state index contributed by atoms with van der Waals surface area (Å²) >= 11 is 2.05. The Hall–Kier alpha value is -0.810. The number of nitrogens with zero attached hydrogens (tertiary/aromatic N) is 6. The van der Waals surface area contributed by atoms with E-state index in [0.717, 1.165) is 44.6 Å². The Balaban J connectivity index is 0.00000243. The van der Waals surface area contributed by atoms with E-state index in [-0.39, 0.29) is 29.5 Å². The van der Waals surface area contributed by atoms with E-state index in [4.69, 9.17) is 0 Å². The van der Waals surface area contributed by atoms with Crippen LogP contribution in [-0.2, 0) is 0 Å². The summed E-state index contributed by atoms with van der Waals surface area (Å²) in [7, 11) is 6.25. The third kappa shape index (κ3) is 4.92. The second-order valence-corrected chi connectivity index (χ2v) is 7.95. The Bertz CT molecular complexity index is 570. The van der Waals surface area contributed by atoms with Gasteiger partial charge in [0.05, 0.1) is 0 Å². The summed E-state index contributed by atoms with van der Waals surface area (Å²) in [5.74, 6) is 4.25. The topological polar surface area (TPSA) is 59.9 Å². The van der Waals surface area contributed by atoms with Gasteiger partial charge in [-0.3, -0.25) is 4.99 Å². The van der Waals surface area contributed by atoms with Gasteiger partial charge in [0.2, 0.25) is 5.95 Å². The standard InChI is InChI=1S/C17H29N7S.HI/c1-18-15(21-13-17(22(2)3)5-12-25-14-17)23-8-10-24(11-9-23)16-19-6-4-7-20-16;/h4,6-7H,5,8-14H2,1-3H3,(H,18,21);1H. The van der Waals surface area contributed by atoms with E-state index in [2.05, 4.69) is 49.1 Å². The van der Waals surface area contributed by atoms with Crippen LogP contribution >= 0.6 is 35.7 Å². The molecular formula is C17H30IN7S. The third-order valence-corrected chi connectivity index (χ3v) is 6.47. The van der Waals surface area contributed by atoms with Crippen LogP contribution in [0.25, 0.3) is 0 Å². The van der Waals surface area contributed by atoms with Gasteiger partial charge in [0.15, 0.2) is 5.96 Å². The molecule has 2 aliphatic heterocycles. The number of halogens is 1. The van der Waals surface area contributed by atoms with Crippen LogP contribution in [0.2, 0.25) is 0 Å². The van der Waals surface area contributed by atoms with Crippen molar-refractivity contribution in [3.63, 3.8) is 0 Å². The number of thioether (sulfide) groups is 1. The molecule has 0 amide bonds. The van der Waals surface area contributed by atoms with E-state index in [1.54, 1.807) is 12.4 Å². The number of hydrogen-bond donors (Lipinski definition) is 1. The smallest absolute Gasteiger partial charge is 0.225 e. The Labute approximate surface area is 178 Å². The minimum Gasteiger partial charge on any atom is -0.354 e. The summed E-state index contributed by atoms with van der Waals surface area (Å²) in [4.78, 5) is 20.2. The molecule has 2 fully saturated rings. The van der Waals surface area contributed by atoms with E-state index in [0.29, 0.717) is 0 Å². The molecule has 7 nitrogen and oxygen atoms in total. The van der Waals surface area contributed by atoms with E-state index in [9.17, 15) is 0 Å². The third-order valence-electron chi connectivity index (χ3n) is 5.23. The zero-order valence-electron chi connectivity index (χ0n) is 15.9. The first kappa shape index (κ1) is 21.5. The van der Waals surface area contributed by atoms with E-state index in [1.807, 2.05) is 24.9 Å². The molecule has 3 rings (SSSR count). The lowest BCUT2D eigenvalue weighted by atomic mass is 9.97. The molecule has 1 N–H and O–H groups in total. The number of nitrogens with one attached hydrogen (secondary N) is 1. The molecule has 2 saturated heterocycles. The highest BCUT2D eigenvalue weighted by Crippen LogP contribution is 2.31. The van der Waals surface area contributed by atoms with Gasteiger partial charge in [-0.1, -0.05) is 0 Å². The van der Waals surface area contributed by atoms with Crippen molar-refractivity contribution in [1.29, 1.82) is 0 Å². The van der Waals surface area contributed by atoms with Crippen molar-refractivity contribution in [3.05, 3.63) is 18.5 Å². The summed E-state index contributed by atoms with van der Waals surface area (Å²) in [5.41, 5.74) is 0.236. The van der Waals surface area contributed by atoms with Crippen LogP contribution in [0.15, 0.2) is 23.5 Å². The molecule has 0 bridgehead atoms. The van der Waals surface area contributed by atoms with Gasteiger partial charge in [0.25, 0.3) is 0 Å². The van der Waals surface area contributed by atoms with Crippen LogP contribution in [0.3, 0.4) is 0 Å². The molecule has 0 radical (unpaired) electrons. The Kier molecular flexibility index (Phi) is 8.21. The second-order valence-electron chi connectivity index (χ2n) is 6.85. The average Bonchev–Trinajstić information content (AvgIpc) is 3.14. The summed E-state index contributed by atoms with van der Waals surface area (Å²) in [6, 6.07) is 1.85. The largest absolute Gasteiger partial charge is 0.354 e. The minimum absolute atomic E-state index is 0. The maximum atomic E-state index is 4.52. The zero-order valence-corrected chi connectivity index (χ0v) is 19.0. The number of guanidine groups is 1. The molecule has 0 spiro atoms. The van der Waals surface area contributed by atoms with Crippen LogP contribution in [0, 0.1) is 0 Å². The van der Waals surface area contributed by atoms with Gasteiger partial charge in [-0.25, -0.2) is 9.97 Å². The maximum Gasteiger partial charge on any atom is 0.225 e. The molecule has 1 atom stereocenters. The Morgan fingerprint density at radius 1 is 1.27 bits per heavy atom. The predicted octanol–water partition coefficient (Wildman–Crippen LogP) is 1.23. The van der Waals surface area contributed by atoms with Crippen molar-refractivity contribution in [1.82, 2.24) is 25.1 Å². The first-order valence-corrected chi connectivity index (χ1v) is 10.0. The van der Waals surface area contributed by atoms with Crippen LogP contribution in [0.1, 0.15) is 6.42 Å². The molecule has 146 valence electrons. The fraction of sp³-hybridized carbons (Fsp3) is 0.706. The predicted molar refractivity (Wildman–Crippen MR) is 121 cm³/mol. The van der Waals surface area contributed by atoms with Gasteiger partial charge in [0, 0.05) is 63.5 Å². The van der Waals surface area contributed by atoms with Gasteiger partial charge in [-0.2, -0.15) is 11.8 Å². The quantitative estimate of drug-likeness (QED) is 0.386. The first-order chi connectivity index (χ1) is 12.1. The van der Waals surface area contributed by atoms with E-state index >= 15 is 0 Å². The molecule has 3 heterocycles. The maximum absolute atomic E-state index is 4.52. The number of rotatable bonds is 4. The molecule has 0 aromatic carbocycles. The van der Waals surface area contributed by atoms with Crippen LogP contribution in [0.4, 0.5) is 5.95 Å². The lowest BCUT2D eigenvalue weighted by Gasteiger charge is -2.39. The normalized spacial score (nSPS) is 23.9. The van der Waals surface area contributed by atoms with Crippen molar-refractivity contribution in [2.24, 2.45) is 4.99 Å². The lowest BCUT2D eigenvalue weighted by molar-refractivity contribution is 0.181. The fourth-order valence-corrected chi connectivity index (χ4v) is 4.95. The van der Waals surface area contributed by atoms with Gasteiger partial charge in [-0.15, -0.1) is 24.0 Å². The SMILES string of the molecule is CN=C(NCC1(N(C)C)CCSC1)N1CCN(c2ncccn2)CC1.I. The molecule has 1 aromatic rings. The lowest BCUT2D eigenvalue weighted by Crippen LogP contribution is -2.58. The molecular weight excluding hydrogens is 461 g/mol. The summed E-state index contributed by atoms with van der Waals surface area (Å²) in [6.07, 6.45) is 4.83. The van der Waals surface area contributed by atoms with E-state index < -0.39 is 0 Å². The monoisotopic (exact) mass is 491 g/mol. The molecule has 9 heteroatoms. The highest BCUT2D eigenvalue weighted by atomic mass is 127.